The molecule has 2 atom stereocenters. The van der Waals surface area contributed by atoms with Gasteiger partial charge in [-0.25, -0.2) is 0 Å². The van der Waals surface area contributed by atoms with Crippen LogP contribution in [-0.2, 0) is 0 Å². The van der Waals surface area contributed by atoms with Crippen LogP contribution in [0.15, 0.2) is 30.3 Å². The quantitative estimate of drug-likeness (QED) is 0.880. The Labute approximate surface area is 129 Å². The van der Waals surface area contributed by atoms with Gasteiger partial charge in [-0.2, -0.15) is 0 Å². The summed E-state index contributed by atoms with van der Waals surface area (Å²) in [6.07, 6.45) is 8.74. The molecule has 116 valence electrons. The molecule has 2 aliphatic rings. The second-order valence-electron chi connectivity index (χ2n) is 7.02. The van der Waals surface area contributed by atoms with E-state index in [1.165, 1.54) is 57.2 Å². The maximum atomic E-state index is 3.65. The van der Waals surface area contributed by atoms with Crippen LogP contribution >= 0.6 is 0 Å². The normalized spacial score (nSPS) is 28.0. The number of piperazine rings is 1. The largest absolute Gasteiger partial charge is 0.311 e. The van der Waals surface area contributed by atoms with Gasteiger partial charge < -0.3 is 5.32 Å². The molecule has 0 aromatic heterocycles. The Hall–Kier alpha value is -0.860. The first-order valence-corrected chi connectivity index (χ1v) is 8.85. The number of hydrogen-bond acceptors (Lipinski definition) is 2. The second-order valence-corrected chi connectivity index (χ2v) is 7.02. The molecule has 0 radical (unpaired) electrons. The van der Waals surface area contributed by atoms with Crippen LogP contribution in [0.5, 0.6) is 0 Å². The molecule has 1 aromatic rings. The molecular formula is C19H30N2. The molecule has 0 spiro atoms. The zero-order valence-electron chi connectivity index (χ0n) is 13.4. The molecule has 0 amide bonds. The molecule has 0 bridgehead atoms. The highest BCUT2D eigenvalue weighted by molar-refractivity contribution is 5.20. The van der Waals surface area contributed by atoms with Crippen molar-refractivity contribution in [2.75, 3.05) is 19.6 Å². The lowest BCUT2D eigenvalue weighted by molar-refractivity contribution is 0.131. The molecule has 21 heavy (non-hydrogen) atoms. The highest BCUT2D eigenvalue weighted by atomic mass is 15.2. The average molecular weight is 286 g/mol. The zero-order valence-corrected chi connectivity index (χ0v) is 13.4. The molecule has 1 aliphatic carbocycles. The van der Waals surface area contributed by atoms with Crippen molar-refractivity contribution < 1.29 is 0 Å². The molecule has 1 heterocycles. The topological polar surface area (TPSA) is 15.3 Å². The van der Waals surface area contributed by atoms with Crippen LogP contribution in [0, 0.1) is 5.92 Å². The van der Waals surface area contributed by atoms with Crippen LogP contribution in [0.1, 0.15) is 57.1 Å². The lowest BCUT2D eigenvalue weighted by Gasteiger charge is -2.40. The summed E-state index contributed by atoms with van der Waals surface area (Å²) >= 11 is 0. The van der Waals surface area contributed by atoms with Gasteiger partial charge in [0.1, 0.15) is 0 Å². The molecule has 2 heteroatoms. The molecule has 1 saturated heterocycles. The van der Waals surface area contributed by atoms with Crippen LogP contribution in [0.25, 0.3) is 0 Å². The van der Waals surface area contributed by atoms with Crippen molar-refractivity contribution in [3.05, 3.63) is 35.9 Å². The van der Waals surface area contributed by atoms with E-state index >= 15 is 0 Å². The average Bonchev–Trinajstić information content (AvgIpc) is 3.02. The fourth-order valence-electron chi connectivity index (χ4n) is 4.12. The van der Waals surface area contributed by atoms with E-state index in [4.69, 9.17) is 0 Å². The summed E-state index contributed by atoms with van der Waals surface area (Å²) in [5.74, 6) is 1.03. The molecule has 2 fully saturated rings. The smallest absolute Gasteiger partial charge is 0.0473 e. The summed E-state index contributed by atoms with van der Waals surface area (Å²) in [6.45, 7) is 5.85. The Morgan fingerprint density at radius 2 is 1.90 bits per heavy atom. The van der Waals surface area contributed by atoms with E-state index in [2.05, 4.69) is 47.5 Å². The number of nitrogens with one attached hydrogen (secondary N) is 1. The third kappa shape index (κ3) is 4.08. The fraction of sp³-hybridized carbons (Fsp3) is 0.684. The minimum absolute atomic E-state index is 0.561. The lowest BCUT2D eigenvalue weighted by Crippen LogP contribution is -2.51. The summed E-state index contributed by atoms with van der Waals surface area (Å²) in [7, 11) is 0. The van der Waals surface area contributed by atoms with Crippen LogP contribution in [0.2, 0.25) is 0 Å². The third-order valence-corrected chi connectivity index (χ3v) is 5.33. The predicted octanol–water partition coefficient (Wildman–Crippen LogP) is 3.99. The number of nitrogens with zero attached hydrogens (tertiary/aromatic N) is 1. The number of rotatable bonds is 5. The van der Waals surface area contributed by atoms with Gasteiger partial charge in [-0.05, 0) is 37.8 Å². The molecule has 1 aliphatic heterocycles. The Morgan fingerprint density at radius 3 is 2.67 bits per heavy atom. The third-order valence-electron chi connectivity index (χ3n) is 5.33. The molecule has 2 nitrogen and oxygen atoms in total. The Balaban J connectivity index is 1.56. The standard InChI is InChI=1S/C19H30N2/c1-16-15-21(13-7-10-17-8-5-6-9-17)19(14-20-16)18-11-3-2-4-12-18/h2-4,11-12,16-17,19-20H,5-10,13-15H2,1H3. The van der Waals surface area contributed by atoms with Gasteiger partial charge in [0.15, 0.2) is 0 Å². The van der Waals surface area contributed by atoms with Crippen molar-refractivity contribution in [1.82, 2.24) is 10.2 Å². The van der Waals surface area contributed by atoms with Crippen molar-refractivity contribution >= 4 is 0 Å². The Morgan fingerprint density at radius 1 is 1.14 bits per heavy atom. The first kappa shape index (κ1) is 15.1. The monoisotopic (exact) mass is 286 g/mol. The SMILES string of the molecule is CC1CN(CCCC2CCCC2)C(c2ccccc2)CN1. The first-order chi connectivity index (χ1) is 10.3. The molecule has 1 N–H and O–H groups in total. The van der Waals surface area contributed by atoms with Crippen LogP contribution in [0.4, 0.5) is 0 Å². The van der Waals surface area contributed by atoms with E-state index in [1.807, 2.05) is 0 Å². The molecular weight excluding hydrogens is 256 g/mol. The molecule has 2 unspecified atom stereocenters. The van der Waals surface area contributed by atoms with E-state index in [-0.39, 0.29) is 0 Å². The van der Waals surface area contributed by atoms with Crippen molar-refractivity contribution in [2.24, 2.45) is 5.92 Å². The molecule has 1 aromatic carbocycles. The van der Waals surface area contributed by atoms with Gasteiger partial charge >= 0.3 is 0 Å². The minimum atomic E-state index is 0.561. The van der Waals surface area contributed by atoms with Gasteiger partial charge in [0.2, 0.25) is 0 Å². The Bertz CT molecular complexity index is 411. The summed E-state index contributed by atoms with van der Waals surface area (Å²) in [6, 6.07) is 12.2. The summed E-state index contributed by atoms with van der Waals surface area (Å²) in [5.41, 5.74) is 1.47. The van der Waals surface area contributed by atoms with Crippen LogP contribution in [-0.4, -0.2) is 30.6 Å². The lowest BCUT2D eigenvalue weighted by atomic mass is 9.98. The number of benzene rings is 1. The predicted molar refractivity (Wildman–Crippen MR) is 89.4 cm³/mol. The summed E-state index contributed by atoms with van der Waals surface area (Å²) in [4.78, 5) is 2.71. The van der Waals surface area contributed by atoms with Gasteiger partial charge in [0.05, 0.1) is 0 Å². The highest BCUT2D eigenvalue weighted by Crippen LogP contribution is 2.29. The van der Waals surface area contributed by atoms with Crippen LogP contribution in [0.3, 0.4) is 0 Å². The van der Waals surface area contributed by atoms with Crippen molar-refractivity contribution in [1.29, 1.82) is 0 Å². The summed E-state index contributed by atoms with van der Waals surface area (Å²) < 4.78 is 0. The molecule has 3 rings (SSSR count). The van der Waals surface area contributed by atoms with Gasteiger partial charge in [-0.15, -0.1) is 0 Å². The maximum Gasteiger partial charge on any atom is 0.0473 e. The summed E-state index contributed by atoms with van der Waals surface area (Å²) in [5, 5.41) is 3.65. The van der Waals surface area contributed by atoms with E-state index in [9.17, 15) is 0 Å². The number of hydrogen-bond donors (Lipinski definition) is 1. The minimum Gasteiger partial charge on any atom is -0.311 e. The second kappa shape index (κ2) is 7.42. The van der Waals surface area contributed by atoms with Crippen molar-refractivity contribution in [2.45, 2.75) is 57.5 Å². The van der Waals surface area contributed by atoms with Crippen molar-refractivity contribution in [3.8, 4) is 0 Å². The van der Waals surface area contributed by atoms with E-state index in [0.717, 1.165) is 12.5 Å². The van der Waals surface area contributed by atoms with Gasteiger partial charge in [-0.3, -0.25) is 4.90 Å². The van der Waals surface area contributed by atoms with Gasteiger partial charge in [0, 0.05) is 25.2 Å². The zero-order chi connectivity index (χ0) is 14.5. The fourth-order valence-corrected chi connectivity index (χ4v) is 4.12. The van der Waals surface area contributed by atoms with E-state index < -0.39 is 0 Å². The first-order valence-electron chi connectivity index (χ1n) is 8.85. The van der Waals surface area contributed by atoms with Crippen LogP contribution < -0.4 is 5.32 Å². The van der Waals surface area contributed by atoms with Gasteiger partial charge in [-0.1, -0.05) is 56.0 Å². The van der Waals surface area contributed by atoms with E-state index in [0.29, 0.717) is 12.1 Å². The molecule has 1 saturated carbocycles. The van der Waals surface area contributed by atoms with Crippen molar-refractivity contribution in [3.63, 3.8) is 0 Å². The van der Waals surface area contributed by atoms with E-state index in [1.54, 1.807) is 0 Å². The highest BCUT2D eigenvalue weighted by Gasteiger charge is 2.26. The Kier molecular flexibility index (Phi) is 5.32. The van der Waals surface area contributed by atoms with Gasteiger partial charge in [0.25, 0.3) is 0 Å². The maximum absolute atomic E-state index is 3.65.